The van der Waals surface area contributed by atoms with Crippen LogP contribution in [0.25, 0.3) is 0 Å². The molecule has 0 atom stereocenters. The van der Waals surface area contributed by atoms with Crippen molar-refractivity contribution in [2.75, 3.05) is 18.9 Å². The Kier molecular flexibility index (Phi) is 3.49. The molecule has 1 amide bonds. The molecule has 0 radical (unpaired) electrons. The highest BCUT2D eigenvalue weighted by molar-refractivity contribution is 9.10. The van der Waals surface area contributed by atoms with Crippen molar-refractivity contribution in [3.63, 3.8) is 0 Å². The maximum absolute atomic E-state index is 11.7. The molecule has 1 aromatic carbocycles. The maximum atomic E-state index is 11.7. The summed E-state index contributed by atoms with van der Waals surface area (Å²) in [6.07, 6.45) is 2.30. The molecule has 1 aliphatic carbocycles. The first-order chi connectivity index (χ1) is 7.66. The minimum absolute atomic E-state index is 0.155. The van der Waals surface area contributed by atoms with Gasteiger partial charge in [0.15, 0.2) is 0 Å². The van der Waals surface area contributed by atoms with E-state index in [-0.39, 0.29) is 5.91 Å². The fourth-order valence-electron chi connectivity index (χ4n) is 1.57. The highest BCUT2D eigenvalue weighted by Crippen LogP contribution is 2.25. The zero-order valence-electron chi connectivity index (χ0n) is 9.24. The van der Waals surface area contributed by atoms with Gasteiger partial charge in [-0.05, 0) is 31.0 Å². The summed E-state index contributed by atoms with van der Waals surface area (Å²) in [6.45, 7) is 0.365. The van der Waals surface area contributed by atoms with Gasteiger partial charge in [0, 0.05) is 23.2 Å². The summed E-state index contributed by atoms with van der Waals surface area (Å²) in [5, 5.41) is 3.13. The van der Waals surface area contributed by atoms with Gasteiger partial charge < -0.3 is 10.2 Å². The zero-order chi connectivity index (χ0) is 11.5. The van der Waals surface area contributed by atoms with Crippen LogP contribution < -0.4 is 5.32 Å². The Balaban J connectivity index is 1.84. The minimum atomic E-state index is 0.155. The molecule has 0 heterocycles. The molecule has 2 rings (SSSR count). The lowest BCUT2D eigenvalue weighted by Gasteiger charge is -2.16. The topological polar surface area (TPSA) is 32.3 Å². The second-order valence-electron chi connectivity index (χ2n) is 4.10. The highest BCUT2D eigenvalue weighted by Gasteiger charge is 2.29. The molecule has 0 unspecified atom stereocenters. The van der Waals surface area contributed by atoms with E-state index in [1.165, 1.54) is 0 Å². The maximum Gasteiger partial charge on any atom is 0.241 e. The van der Waals surface area contributed by atoms with E-state index in [0.717, 1.165) is 23.0 Å². The Hall–Kier alpha value is -1.03. The number of hydrogen-bond acceptors (Lipinski definition) is 2. The van der Waals surface area contributed by atoms with Gasteiger partial charge in [0.2, 0.25) is 5.91 Å². The van der Waals surface area contributed by atoms with Gasteiger partial charge in [0.05, 0.1) is 6.54 Å². The number of halogens is 1. The summed E-state index contributed by atoms with van der Waals surface area (Å²) < 4.78 is 1.01. The Morgan fingerprint density at radius 1 is 1.56 bits per heavy atom. The average Bonchev–Trinajstić information content (AvgIpc) is 3.09. The number of nitrogens with zero attached hydrogens (tertiary/aromatic N) is 1. The fraction of sp³-hybridized carbons (Fsp3) is 0.417. The van der Waals surface area contributed by atoms with Crippen LogP contribution in [0.15, 0.2) is 28.7 Å². The van der Waals surface area contributed by atoms with Crippen LogP contribution in [0.2, 0.25) is 0 Å². The SMILES string of the molecule is CN(C(=O)CNc1cccc(Br)c1)C1CC1. The molecule has 3 nitrogen and oxygen atoms in total. The average molecular weight is 283 g/mol. The predicted molar refractivity (Wildman–Crippen MR) is 68.4 cm³/mol. The molecule has 1 aromatic rings. The number of likely N-dealkylation sites (N-methyl/N-ethyl adjacent to an activating group) is 1. The molecule has 1 N–H and O–H groups in total. The number of nitrogens with one attached hydrogen (secondary N) is 1. The second-order valence-corrected chi connectivity index (χ2v) is 5.02. The molecule has 0 saturated heterocycles. The van der Waals surface area contributed by atoms with E-state index in [9.17, 15) is 4.79 Å². The lowest BCUT2D eigenvalue weighted by atomic mass is 10.3. The minimum Gasteiger partial charge on any atom is -0.376 e. The van der Waals surface area contributed by atoms with E-state index in [0.29, 0.717) is 12.6 Å². The smallest absolute Gasteiger partial charge is 0.241 e. The van der Waals surface area contributed by atoms with Crippen molar-refractivity contribution < 1.29 is 4.79 Å². The largest absolute Gasteiger partial charge is 0.376 e. The number of carbonyl (C=O) groups excluding carboxylic acids is 1. The summed E-state index contributed by atoms with van der Waals surface area (Å²) in [5.74, 6) is 0.155. The van der Waals surface area contributed by atoms with Gasteiger partial charge in [0.25, 0.3) is 0 Å². The van der Waals surface area contributed by atoms with E-state index in [4.69, 9.17) is 0 Å². The lowest BCUT2D eigenvalue weighted by Crippen LogP contribution is -2.33. The molecule has 1 aliphatic rings. The van der Waals surface area contributed by atoms with Gasteiger partial charge in [-0.2, -0.15) is 0 Å². The number of carbonyl (C=O) groups is 1. The van der Waals surface area contributed by atoms with E-state index >= 15 is 0 Å². The van der Waals surface area contributed by atoms with Gasteiger partial charge in [-0.25, -0.2) is 0 Å². The number of amides is 1. The molecular weight excluding hydrogens is 268 g/mol. The molecule has 0 aromatic heterocycles. The molecule has 1 saturated carbocycles. The van der Waals surface area contributed by atoms with Crippen molar-refractivity contribution in [1.29, 1.82) is 0 Å². The molecule has 0 spiro atoms. The molecule has 86 valence electrons. The van der Waals surface area contributed by atoms with Crippen molar-refractivity contribution in [3.8, 4) is 0 Å². The van der Waals surface area contributed by atoms with Crippen molar-refractivity contribution in [3.05, 3.63) is 28.7 Å². The summed E-state index contributed by atoms with van der Waals surface area (Å²) in [7, 11) is 1.88. The molecule has 0 aliphatic heterocycles. The van der Waals surface area contributed by atoms with Crippen LogP contribution in [-0.4, -0.2) is 30.4 Å². The Bertz CT molecular complexity index is 390. The summed E-state index contributed by atoms with van der Waals surface area (Å²) >= 11 is 3.40. The van der Waals surface area contributed by atoms with E-state index in [1.807, 2.05) is 36.2 Å². The normalized spacial score (nSPS) is 14.6. The van der Waals surface area contributed by atoms with Crippen LogP contribution in [0.4, 0.5) is 5.69 Å². The van der Waals surface area contributed by atoms with Crippen LogP contribution in [0.5, 0.6) is 0 Å². The Morgan fingerprint density at radius 2 is 2.31 bits per heavy atom. The fourth-order valence-corrected chi connectivity index (χ4v) is 1.97. The van der Waals surface area contributed by atoms with Gasteiger partial charge >= 0.3 is 0 Å². The number of benzene rings is 1. The Labute approximate surface area is 104 Å². The van der Waals surface area contributed by atoms with E-state index in [1.54, 1.807) is 0 Å². The number of rotatable bonds is 4. The summed E-state index contributed by atoms with van der Waals surface area (Å²) in [6, 6.07) is 8.31. The second kappa shape index (κ2) is 4.87. The zero-order valence-corrected chi connectivity index (χ0v) is 10.8. The van der Waals surface area contributed by atoms with Crippen LogP contribution in [-0.2, 0) is 4.79 Å². The third kappa shape index (κ3) is 2.98. The van der Waals surface area contributed by atoms with Crippen LogP contribution in [0.1, 0.15) is 12.8 Å². The monoisotopic (exact) mass is 282 g/mol. The van der Waals surface area contributed by atoms with Crippen molar-refractivity contribution in [1.82, 2.24) is 4.90 Å². The predicted octanol–water partition coefficient (Wildman–Crippen LogP) is 2.48. The molecular formula is C12H15BrN2O. The third-order valence-electron chi connectivity index (χ3n) is 2.76. The first-order valence-electron chi connectivity index (χ1n) is 5.42. The molecule has 4 heteroatoms. The van der Waals surface area contributed by atoms with E-state index < -0.39 is 0 Å². The van der Waals surface area contributed by atoms with E-state index in [2.05, 4.69) is 21.2 Å². The molecule has 1 fully saturated rings. The molecule has 0 bridgehead atoms. The van der Waals surface area contributed by atoms with Crippen LogP contribution >= 0.6 is 15.9 Å². The van der Waals surface area contributed by atoms with Crippen molar-refractivity contribution in [2.24, 2.45) is 0 Å². The van der Waals surface area contributed by atoms with Crippen molar-refractivity contribution in [2.45, 2.75) is 18.9 Å². The van der Waals surface area contributed by atoms with Crippen LogP contribution in [0, 0.1) is 0 Å². The summed E-state index contributed by atoms with van der Waals surface area (Å²) in [4.78, 5) is 13.6. The van der Waals surface area contributed by atoms with Crippen molar-refractivity contribution >= 4 is 27.5 Å². The summed E-state index contributed by atoms with van der Waals surface area (Å²) in [5.41, 5.74) is 0.965. The lowest BCUT2D eigenvalue weighted by molar-refractivity contribution is -0.128. The quantitative estimate of drug-likeness (QED) is 0.920. The first-order valence-corrected chi connectivity index (χ1v) is 6.21. The highest BCUT2D eigenvalue weighted by atomic mass is 79.9. The molecule has 16 heavy (non-hydrogen) atoms. The Morgan fingerprint density at radius 3 is 2.94 bits per heavy atom. The standard InChI is InChI=1S/C12H15BrN2O/c1-15(11-5-6-11)12(16)8-14-10-4-2-3-9(13)7-10/h2-4,7,11,14H,5-6,8H2,1H3. The first kappa shape index (κ1) is 11.5. The van der Waals surface area contributed by atoms with Gasteiger partial charge in [-0.3, -0.25) is 4.79 Å². The van der Waals surface area contributed by atoms with Gasteiger partial charge in [-0.1, -0.05) is 22.0 Å². The van der Waals surface area contributed by atoms with Gasteiger partial charge in [0.1, 0.15) is 0 Å². The number of hydrogen-bond donors (Lipinski definition) is 1. The van der Waals surface area contributed by atoms with Crippen LogP contribution in [0.3, 0.4) is 0 Å². The van der Waals surface area contributed by atoms with Gasteiger partial charge in [-0.15, -0.1) is 0 Å². The number of anilines is 1. The third-order valence-corrected chi connectivity index (χ3v) is 3.25.